The Morgan fingerprint density at radius 1 is 1.21 bits per heavy atom. The van der Waals surface area contributed by atoms with Crippen LogP contribution in [0.15, 0.2) is 0 Å². The number of rotatable bonds is 2. The van der Waals surface area contributed by atoms with Crippen molar-refractivity contribution < 1.29 is 19.4 Å². The van der Waals surface area contributed by atoms with Crippen LogP contribution in [0.3, 0.4) is 0 Å². The molecule has 1 rings (SSSR count). The first-order chi connectivity index (χ1) is 6.61. The van der Waals surface area contributed by atoms with Gasteiger partial charge in [-0.25, -0.2) is 4.79 Å². The minimum absolute atomic E-state index is 0.0825. The molecule has 0 aromatic rings. The smallest absolute Gasteiger partial charge is 0.332 e. The molecule has 0 spiro atoms. The average molecular weight is 202 g/mol. The van der Waals surface area contributed by atoms with Gasteiger partial charge in [-0.3, -0.25) is 4.79 Å². The summed E-state index contributed by atoms with van der Waals surface area (Å²) in [6.45, 7) is 5.43. The van der Waals surface area contributed by atoms with Crippen molar-refractivity contribution in [1.82, 2.24) is 0 Å². The minimum Gasteiger partial charge on any atom is -0.479 e. The van der Waals surface area contributed by atoms with Crippen LogP contribution in [-0.4, -0.2) is 29.1 Å². The van der Waals surface area contributed by atoms with Gasteiger partial charge >= 0.3 is 5.97 Å². The number of ether oxygens (including phenoxy) is 1. The number of hydrogen-bond acceptors (Lipinski definition) is 3. The summed E-state index contributed by atoms with van der Waals surface area (Å²) in [5.41, 5.74) is 0. The Morgan fingerprint density at radius 2 is 1.71 bits per heavy atom. The highest BCUT2D eigenvalue weighted by Crippen LogP contribution is 2.19. The zero-order chi connectivity index (χ0) is 11.1. The van der Waals surface area contributed by atoms with Gasteiger partial charge in [-0.1, -0.05) is 13.8 Å². The van der Waals surface area contributed by atoms with Crippen molar-refractivity contribution in [2.75, 3.05) is 0 Å². The van der Waals surface area contributed by atoms with Gasteiger partial charge in [-0.05, 0) is 26.2 Å². The summed E-state index contributed by atoms with van der Waals surface area (Å²) >= 11 is 0. The normalized spacial score (nSPS) is 25.9. The highest BCUT2D eigenvalue weighted by atomic mass is 16.5. The van der Waals surface area contributed by atoms with E-state index in [1.54, 1.807) is 0 Å². The molecule has 0 saturated carbocycles. The lowest BCUT2D eigenvalue weighted by Gasteiger charge is -2.25. The third-order valence-corrected chi connectivity index (χ3v) is 1.99. The number of carboxylic acids is 1. The number of carboxylic acid groups (broad SMARTS) is 1. The van der Waals surface area contributed by atoms with Crippen molar-refractivity contribution in [3.63, 3.8) is 0 Å². The van der Waals surface area contributed by atoms with Gasteiger partial charge in [0.2, 0.25) is 0 Å². The van der Waals surface area contributed by atoms with E-state index in [0.717, 1.165) is 6.42 Å². The monoisotopic (exact) mass is 202 g/mol. The van der Waals surface area contributed by atoms with Crippen LogP contribution in [-0.2, 0) is 14.3 Å². The Kier molecular flexibility index (Phi) is 6.12. The molecule has 4 nitrogen and oxygen atoms in total. The van der Waals surface area contributed by atoms with E-state index in [1.807, 2.05) is 13.8 Å². The molecule has 1 aliphatic heterocycles. The third-order valence-electron chi connectivity index (χ3n) is 1.99. The highest BCUT2D eigenvalue weighted by molar-refractivity contribution is 5.81. The third kappa shape index (κ3) is 3.87. The molecular formula is C10H18O4. The molecule has 0 bridgehead atoms. The van der Waals surface area contributed by atoms with Crippen LogP contribution >= 0.6 is 0 Å². The van der Waals surface area contributed by atoms with Crippen molar-refractivity contribution in [3.05, 3.63) is 0 Å². The maximum Gasteiger partial charge on any atom is 0.332 e. The van der Waals surface area contributed by atoms with Crippen LogP contribution in [0.2, 0.25) is 0 Å². The summed E-state index contributed by atoms with van der Waals surface area (Å²) < 4.78 is 5.06. The number of hydrogen-bond donors (Lipinski definition) is 1. The minimum atomic E-state index is -0.971. The first kappa shape index (κ1) is 13.1. The zero-order valence-electron chi connectivity index (χ0n) is 8.95. The van der Waals surface area contributed by atoms with Crippen molar-refractivity contribution in [1.29, 1.82) is 0 Å². The van der Waals surface area contributed by atoms with Crippen LogP contribution in [0.4, 0.5) is 0 Å². The van der Waals surface area contributed by atoms with Crippen molar-refractivity contribution >= 4 is 11.8 Å². The molecule has 0 amide bonds. The Labute approximate surface area is 84.3 Å². The SMILES string of the molecule is CC.CC(=O)C1CCCC(C(=O)O)O1. The second kappa shape index (κ2) is 6.54. The largest absolute Gasteiger partial charge is 0.479 e. The van der Waals surface area contributed by atoms with E-state index in [9.17, 15) is 9.59 Å². The Morgan fingerprint density at radius 3 is 2.14 bits per heavy atom. The van der Waals surface area contributed by atoms with Crippen molar-refractivity contribution in [2.45, 2.75) is 52.2 Å². The molecule has 0 aliphatic carbocycles. The van der Waals surface area contributed by atoms with Crippen LogP contribution in [0, 0.1) is 0 Å². The molecule has 1 heterocycles. The van der Waals surface area contributed by atoms with Crippen molar-refractivity contribution in [2.24, 2.45) is 0 Å². The number of aliphatic carboxylic acids is 1. The summed E-state index contributed by atoms with van der Waals surface area (Å²) in [5.74, 6) is -1.05. The summed E-state index contributed by atoms with van der Waals surface area (Å²) in [6.07, 6.45) is 0.631. The standard InChI is InChI=1S/C8H12O4.C2H6/c1-5(9)6-3-2-4-7(12-6)8(10)11;1-2/h6-7H,2-4H2,1H3,(H,10,11);1-2H3. The predicted molar refractivity (Wildman–Crippen MR) is 52.2 cm³/mol. The van der Waals surface area contributed by atoms with Gasteiger partial charge in [0.15, 0.2) is 11.9 Å². The average Bonchev–Trinajstić information content (AvgIpc) is 2.21. The molecule has 1 aliphatic rings. The van der Waals surface area contributed by atoms with Gasteiger partial charge in [0, 0.05) is 0 Å². The quantitative estimate of drug-likeness (QED) is 0.739. The van der Waals surface area contributed by atoms with Crippen LogP contribution < -0.4 is 0 Å². The van der Waals surface area contributed by atoms with Gasteiger partial charge in [0.25, 0.3) is 0 Å². The summed E-state index contributed by atoms with van der Waals surface area (Å²) in [6, 6.07) is 0. The van der Waals surface area contributed by atoms with Crippen LogP contribution in [0.25, 0.3) is 0 Å². The lowest BCUT2D eigenvalue weighted by Crippen LogP contribution is -2.36. The first-order valence-electron chi connectivity index (χ1n) is 5.00. The number of carbonyl (C=O) groups is 2. The molecule has 1 N–H and O–H groups in total. The molecule has 2 unspecified atom stereocenters. The van der Waals surface area contributed by atoms with E-state index >= 15 is 0 Å². The molecule has 0 aromatic heterocycles. The summed E-state index contributed by atoms with van der Waals surface area (Å²) in [4.78, 5) is 21.3. The van der Waals surface area contributed by atoms with Crippen LogP contribution in [0.5, 0.6) is 0 Å². The Balaban J connectivity index is 0.000000791. The number of carbonyl (C=O) groups excluding carboxylic acids is 1. The molecular weight excluding hydrogens is 184 g/mol. The first-order valence-corrected chi connectivity index (χ1v) is 5.00. The molecule has 0 radical (unpaired) electrons. The maximum atomic E-state index is 10.8. The molecule has 82 valence electrons. The van der Waals surface area contributed by atoms with Crippen molar-refractivity contribution in [3.8, 4) is 0 Å². The fourth-order valence-electron chi connectivity index (χ4n) is 1.30. The fourth-order valence-corrected chi connectivity index (χ4v) is 1.30. The lowest BCUT2D eigenvalue weighted by molar-refractivity contribution is -0.162. The highest BCUT2D eigenvalue weighted by Gasteiger charge is 2.29. The summed E-state index contributed by atoms with van der Waals surface area (Å²) in [5, 5.41) is 8.60. The van der Waals surface area contributed by atoms with E-state index in [0.29, 0.717) is 12.8 Å². The molecule has 4 heteroatoms. The Bertz CT molecular complexity index is 180. The van der Waals surface area contributed by atoms with E-state index in [4.69, 9.17) is 9.84 Å². The number of ketones is 1. The zero-order valence-corrected chi connectivity index (χ0v) is 8.95. The lowest BCUT2D eigenvalue weighted by atomic mass is 10.0. The van der Waals surface area contributed by atoms with E-state index in [-0.39, 0.29) is 5.78 Å². The molecule has 14 heavy (non-hydrogen) atoms. The second-order valence-electron chi connectivity index (χ2n) is 2.99. The van der Waals surface area contributed by atoms with Gasteiger partial charge in [0.1, 0.15) is 6.10 Å². The molecule has 2 atom stereocenters. The Hall–Kier alpha value is -0.900. The summed E-state index contributed by atoms with van der Waals surface area (Å²) in [7, 11) is 0. The van der Waals surface area contributed by atoms with E-state index in [1.165, 1.54) is 6.92 Å². The van der Waals surface area contributed by atoms with E-state index in [2.05, 4.69) is 0 Å². The van der Waals surface area contributed by atoms with Crippen LogP contribution in [0.1, 0.15) is 40.0 Å². The number of Topliss-reactive ketones (excluding diaryl/α,β-unsaturated/α-hetero) is 1. The topological polar surface area (TPSA) is 63.6 Å². The molecule has 0 aromatic carbocycles. The van der Waals surface area contributed by atoms with E-state index < -0.39 is 18.2 Å². The molecule has 1 fully saturated rings. The van der Waals surface area contributed by atoms with Gasteiger partial charge in [0.05, 0.1) is 0 Å². The fraction of sp³-hybridized carbons (Fsp3) is 0.800. The second-order valence-corrected chi connectivity index (χ2v) is 2.99. The van der Waals surface area contributed by atoms with Gasteiger partial charge in [-0.15, -0.1) is 0 Å². The van der Waals surface area contributed by atoms with Gasteiger partial charge in [-0.2, -0.15) is 0 Å². The predicted octanol–water partition coefficient (Wildman–Crippen LogP) is 1.62. The maximum absolute atomic E-state index is 10.8. The van der Waals surface area contributed by atoms with Gasteiger partial charge < -0.3 is 9.84 Å². The molecule has 1 saturated heterocycles.